The zero-order valence-corrected chi connectivity index (χ0v) is 11.7. The summed E-state index contributed by atoms with van der Waals surface area (Å²) in [4.78, 5) is 11.8. The molecule has 1 aliphatic rings. The van der Waals surface area contributed by atoms with Crippen LogP contribution in [0.4, 0.5) is 5.69 Å². The molecule has 0 saturated heterocycles. The summed E-state index contributed by atoms with van der Waals surface area (Å²) in [5, 5.41) is 15.1. The van der Waals surface area contributed by atoms with Gasteiger partial charge in [-0.3, -0.25) is 4.79 Å². The van der Waals surface area contributed by atoms with Crippen molar-refractivity contribution in [1.29, 1.82) is 5.26 Å². The van der Waals surface area contributed by atoms with Crippen molar-refractivity contribution in [3.8, 4) is 6.07 Å². The Morgan fingerprint density at radius 3 is 2.85 bits per heavy atom. The van der Waals surface area contributed by atoms with Gasteiger partial charge in [0.05, 0.1) is 11.6 Å². The molecule has 1 amide bonds. The fourth-order valence-electron chi connectivity index (χ4n) is 2.59. The van der Waals surface area contributed by atoms with Gasteiger partial charge in [0.25, 0.3) is 0 Å². The van der Waals surface area contributed by atoms with E-state index in [1.165, 1.54) is 32.1 Å². The third kappa shape index (κ3) is 4.67. The summed E-state index contributed by atoms with van der Waals surface area (Å²) in [6.07, 6.45) is 6.86. The largest absolute Gasteiger partial charge is 0.326 e. The van der Waals surface area contributed by atoms with Crippen molar-refractivity contribution in [2.75, 3.05) is 11.9 Å². The molecule has 106 valence electrons. The van der Waals surface area contributed by atoms with Gasteiger partial charge in [-0.1, -0.05) is 25.3 Å². The topological polar surface area (TPSA) is 64.9 Å². The summed E-state index contributed by atoms with van der Waals surface area (Å²) in [7, 11) is 0. The molecule has 0 unspecified atom stereocenters. The van der Waals surface area contributed by atoms with Gasteiger partial charge in [-0.05, 0) is 31.0 Å². The van der Waals surface area contributed by atoms with Crippen molar-refractivity contribution in [1.82, 2.24) is 5.32 Å². The summed E-state index contributed by atoms with van der Waals surface area (Å²) >= 11 is 0. The van der Waals surface area contributed by atoms with Crippen LogP contribution >= 0.6 is 0 Å². The molecular formula is C16H21N3O. The van der Waals surface area contributed by atoms with Crippen LogP contribution in [0, 0.1) is 11.3 Å². The molecule has 0 radical (unpaired) electrons. The summed E-state index contributed by atoms with van der Waals surface area (Å²) in [6.45, 7) is 0.717. The lowest BCUT2D eigenvalue weighted by atomic mass is 9.95. The lowest BCUT2D eigenvalue weighted by Gasteiger charge is -2.22. The minimum Gasteiger partial charge on any atom is -0.326 e. The van der Waals surface area contributed by atoms with Crippen LogP contribution in [0.25, 0.3) is 0 Å². The molecule has 2 N–H and O–H groups in total. The molecule has 0 heterocycles. The van der Waals surface area contributed by atoms with Crippen LogP contribution in [0.3, 0.4) is 0 Å². The van der Waals surface area contributed by atoms with Crippen molar-refractivity contribution in [2.45, 2.75) is 44.6 Å². The Labute approximate surface area is 120 Å². The smallest absolute Gasteiger partial charge is 0.225 e. The van der Waals surface area contributed by atoms with Crippen LogP contribution in [0.2, 0.25) is 0 Å². The number of amides is 1. The fourth-order valence-corrected chi connectivity index (χ4v) is 2.59. The molecule has 1 aliphatic carbocycles. The van der Waals surface area contributed by atoms with Gasteiger partial charge in [-0.25, -0.2) is 0 Å². The van der Waals surface area contributed by atoms with Crippen molar-refractivity contribution in [3.63, 3.8) is 0 Å². The number of hydrogen-bond donors (Lipinski definition) is 2. The number of anilines is 1. The zero-order chi connectivity index (χ0) is 14.2. The Bertz CT molecular complexity index is 487. The Morgan fingerprint density at radius 2 is 2.10 bits per heavy atom. The third-order valence-corrected chi connectivity index (χ3v) is 3.67. The normalized spacial score (nSPS) is 15.6. The number of carbonyl (C=O) groups excluding carboxylic acids is 1. The van der Waals surface area contributed by atoms with Crippen molar-refractivity contribution in [3.05, 3.63) is 29.8 Å². The Balaban J connectivity index is 1.70. The molecule has 1 saturated carbocycles. The average molecular weight is 271 g/mol. The van der Waals surface area contributed by atoms with Gasteiger partial charge in [0, 0.05) is 24.7 Å². The highest BCUT2D eigenvalue weighted by Crippen LogP contribution is 2.17. The van der Waals surface area contributed by atoms with E-state index in [9.17, 15) is 4.79 Å². The standard InChI is InChI=1S/C16H21N3O/c17-12-13-5-4-8-15(11-13)19-16(20)9-10-18-14-6-2-1-3-7-14/h4-5,8,11,14,18H,1-3,6-7,9-10H2,(H,19,20). The third-order valence-electron chi connectivity index (χ3n) is 3.67. The molecule has 0 bridgehead atoms. The number of hydrogen-bond acceptors (Lipinski definition) is 3. The summed E-state index contributed by atoms with van der Waals surface area (Å²) in [5.74, 6) is -0.0107. The quantitative estimate of drug-likeness (QED) is 0.865. The number of nitrogens with zero attached hydrogens (tertiary/aromatic N) is 1. The lowest BCUT2D eigenvalue weighted by Crippen LogP contribution is -2.33. The van der Waals surface area contributed by atoms with Gasteiger partial charge < -0.3 is 10.6 Å². The second-order valence-electron chi connectivity index (χ2n) is 5.28. The predicted octanol–water partition coefficient (Wildman–Crippen LogP) is 2.81. The second-order valence-corrected chi connectivity index (χ2v) is 5.28. The predicted molar refractivity (Wildman–Crippen MR) is 79.3 cm³/mol. The van der Waals surface area contributed by atoms with E-state index in [1.54, 1.807) is 24.3 Å². The minimum absolute atomic E-state index is 0.0107. The van der Waals surface area contributed by atoms with E-state index >= 15 is 0 Å². The van der Waals surface area contributed by atoms with Crippen LogP contribution in [-0.2, 0) is 4.79 Å². The van der Waals surface area contributed by atoms with E-state index < -0.39 is 0 Å². The van der Waals surface area contributed by atoms with Crippen LogP contribution in [0.5, 0.6) is 0 Å². The van der Waals surface area contributed by atoms with E-state index in [4.69, 9.17) is 5.26 Å². The maximum atomic E-state index is 11.8. The van der Waals surface area contributed by atoms with E-state index in [-0.39, 0.29) is 5.91 Å². The summed E-state index contributed by atoms with van der Waals surface area (Å²) in [6, 6.07) is 9.63. The summed E-state index contributed by atoms with van der Waals surface area (Å²) < 4.78 is 0. The highest BCUT2D eigenvalue weighted by Gasteiger charge is 2.12. The summed E-state index contributed by atoms with van der Waals surface area (Å²) in [5.41, 5.74) is 1.25. The van der Waals surface area contributed by atoms with Gasteiger partial charge in [0.1, 0.15) is 0 Å². The number of nitriles is 1. The maximum Gasteiger partial charge on any atom is 0.225 e. The number of nitrogens with one attached hydrogen (secondary N) is 2. The van der Waals surface area contributed by atoms with Crippen LogP contribution < -0.4 is 10.6 Å². The van der Waals surface area contributed by atoms with Gasteiger partial charge in [-0.15, -0.1) is 0 Å². The lowest BCUT2D eigenvalue weighted by molar-refractivity contribution is -0.116. The molecule has 20 heavy (non-hydrogen) atoms. The van der Waals surface area contributed by atoms with Gasteiger partial charge in [0.15, 0.2) is 0 Å². The number of carbonyl (C=O) groups is 1. The zero-order valence-electron chi connectivity index (χ0n) is 11.7. The Hall–Kier alpha value is -1.86. The highest BCUT2D eigenvalue weighted by molar-refractivity contribution is 5.90. The average Bonchev–Trinajstić information content (AvgIpc) is 2.48. The Kier molecular flexibility index (Phi) is 5.57. The van der Waals surface area contributed by atoms with Gasteiger partial charge >= 0.3 is 0 Å². The van der Waals surface area contributed by atoms with Gasteiger partial charge in [-0.2, -0.15) is 5.26 Å². The van der Waals surface area contributed by atoms with Crippen molar-refractivity contribution < 1.29 is 4.79 Å². The molecule has 2 rings (SSSR count). The first-order valence-corrected chi connectivity index (χ1v) is 7.31. The molecule has 0 aromatic heterocycles. The van der Waals surface area contributed by atoms with E-state index in [0.29, 0.717) is 30.3 Å². The molecule has 0 spiro atoms. The van der Waals surface area contributed by atoms with E-state index in [2.05, 4.69) is 16.7 Å². The first-order chi connectivity index (χ1) is 9.78. The van der Waals surface area contributed by atoms with E-state index in [1.807, 2.05) is 0 Å². The first-order valence-electron chi connectivity index (χ1n) is 7.31. The second kappa shape index (κ2) is 7.66. The van der Waals surface area contributed by atoms with E-state index in [0.717, 1.165) is 0 Å². The molecule has 4 nitrogen and oxygen atoms in total. The van der Waals surface area contributed by atoms with Crippen LogP contribution in [0.15, 0.2) is 24.3 Å². The highest BCUT2D eigenvalue weighted by atomic mass is 16.1. The van der Waals surface area contributed by atoms with Crippen LogP contribution in [0.1, 0.15) is 44.1 Å². The van der Waals surface area contributed by atoms with Crippen molar-refractivity contribution >= 4 is 11.6 Å². The molecular weight excluding hydrogens is 250 g/mol. The number of rotatable bonds is 5. The molecule has 1 aromatic rings. The molecule has 4 heteroatoms. The monoisotopic (exact) mass is 271 g/mol. The van der Waals surface area contributed by atoms with Gasteiger partial charge in [0.2, 0.25) is 5.91 Å². The van der Waals surface area contributed by atoms with Crippen LogP contribution in [-0.4, -0.2) is 18.5 Å². The number of benzene rings is 1. The molecule has 0 atom stereocenters. The molecule has 1 aromatic carbocycles. The van der Waals surface area contributed by atoms with Crippen molar-refractivity contribution in [2.24, 2.45) is 0 Å². The Morgan fingerprint density at radius 1 is 1.30 bits per heavy atom. The maximum absolute atomic E-state index is 11.8. The molecule has 1 fully saturated rings. The SMILES string of the molecule is N#Cc1cccc(NC(=O)CCNC2CCCCC2)c1. The minimum atomic E-state index is -0.0107. The first kappa shape index (κ1) is 14.5. The molecule has 0 aliphatic heterocycles. The fraction of sp³-hybridized carbons (Fsp3) is 0.500.